The zero-order chi connectivity index (χ0) is 48.4. The van der Waals surface area contributed by atoms with Gasteiger partial charge in [-0.15, -0.1) is 0 Å². The molecule has 2 heterocycles. The number of aliphatic hydroxyl groups excluding tert-OH is 3. The van der Waals surface area contributed by atoms with Gasteiger partial charge in [-0.3, -0.25) is 19.7 Å². The molecule has 22 nitrogen and oxygen atoms in total. The molecule has 8 N–H and O–H groups in total. The van der Waals surface area contributed by atoms with Crippen LogP contribution >= 0.6 is 0 Å². The van der Waals surface area contributed by atoms with Crippen LogP contribution in [-0.4, -0.2) is 148 Å². The molecule has 1 aromatic rings. The van der Waals surface area contributed by atoms with Crippen LogP contribution in [0, 0.1) is 16.0 Å². The number of carbonyl (C=O) groups excluding carboxylic acids is 4. The molecule has 1 aromatic carbocycles. The topological polar surface area (TPSA) is 305 Å². The molecule has 12 atom stereocenters. The summed E-state index contributed by atoms with van der Waals surface area (Å²) >= 11 is 0. The number of benzene rings is 1. The number of hydrogen-bond donors (Lipinski definition) is 8. The van der Waals surface area contributed by atoms with E-state index in [0.29, 0.717) is 11.3 Å². The Balaban J connectivity index is 1.52. The van der Waals surface area contributed by atoms with Crippen molar-refractivity contribution in [3.63, 3.8) is 0 Å². The molecule has 12 unspecified atom stereocenters. The lowest BCUT2D eigenvalue weighted by Crippen LogP contribution is -2.68. The number of aliphatic hydroxyl groups is 4. The van der Waals surface area contributed by atoms with Gasteiger partial charge < -0.3 is 74.9 Å². The zero-order valence-corrected chi connectivity index (χ0v) is 38.4. The van der Waals surface area contributed by atoms with E-state index in [1.54, 1.807) is 54.5 Å². The van der Waals surface area contributed by atoms with Gasteiger partial charge in [-0.05, 0) is 104 Å². The Labute approximate surface area is 378 Å². The number of nitro benzene ring substituents is 1. The van der Waals surface area contributed by atoms with E-state index in [1.807, 2.05) is 0 Å². The number of esters is 1. The summed E-state index contributed by atoms with van der Waals surface area (Å²) in [5.41, 5.74) is -2.67. The first-order valence-electron chi connectivity index (χ1n) is 21.6. The number of ether oxygens (including phenoxy) is 7. The first-order chi connectivity index (χ1) is 30.3. The second-order valence-corrected chi connectivity index (χ2v) is 18.8. The lowest BCUT2D eigenvalue weighted by atomic mass is 9.79. The summed E-state index contributed by atoms with van der Waals surface area (Å²) in [5.74, 6) is -1.67. The fraction of sp³-hybridized carbons (Fsp3) is 0.721. The summed E-state index contributed by atoms with van der Waals surface area (Å²) in [5, 5.41) is 66.9. The number of allylic oxidation sites excluding steroid dienone is 1. The maximum atomic E-state index is 13.4. The molecule has 22 heteroatoms. The van der Waals surface area contributed by atoms with E-state index < -0.39 is 113 Å². The van der Waals surface area contributed by atoms with Crippen molar-refractivity contribution in [2.24, 2.45) is 5.92 Å². The minimum Gasteiger partial charge on any atom is -0.467 e. The van der Waals surface area contributed by atoms with Gasteiger partial charge in [0.15, 0.2) is 6.29 Å². The van der Waals surface area contributed by atoms with Gasteiger partial charge in [-0.25, -0.2) is 9.59 Å². The van der Waals surface area contributed by atoms with E-state index in [1.165, 1.54) is 38.2 Å². The number of rotatable bonds is 17. The van der Waals surface area contributed by atoms with Gasteiger partial charge in [0.05, 0.1) is 47.9 Å². The molecule has 0 radical (unpaired) electrons. The standard InChI is InChI=1S/C43H67N5O17/c1-23-20-28(46-36(53)29(49)18-19-45-39(54)64-41(2,3)4)34(63-38-32(52)35(44-9)43(8,56)22-60-38)31(51)33(23)62-37-27(47-40(55)65-42(5,6)7)16-14-26(61-37)15-17-30(50)59-21-24-10-12-25(13-11-24)48(57)58/h10-14,23,27-29,31-35,37-38,44,49,51-52,56H,15-22H2,1-9H3,(H,45,54)(H,46,53)(H,47,55). The van der Waals surface area contributed by atoms with Crippen molar-refractivity contribution in [2.75, 3.05) is 20.2 Å². The highest BCUT2D eigenvalue weighted by molar-refractivity contribution is 5.81. The van der Waals surface area contributed by atoms with E-state index in [2.05, 4.69) is 21.3 Å². The number of likely N-dealkylation sites (N-methyl/N-ethyl adjacent to an activating group) is 1. The molecule has 3 aliphatic rings. The minimum absolute atomic E-state index is 0.0592. The molecule has 1 aliphatic carbocycles. The third-order valence-electron chi connectivity index (χ3n) is 10.7. The van der Waals surface area contributed by atoms with E-state index in [4.69, 9.17) is 33.2 Å². The fourth-order valence-corrected chi connectivity index (χ4v) is 7.57. The molecule has 2 aliphatic heterocycles. The summed E-state index contributed by atoms with van der Waals surface area (Å²) in [7, 11) is 1.54. The van der Waals surface area contributed by atoms with Gasteiger partial charge in [-0.1, -0.05) is 6.92 Å². The SMILES string of the molecule is CNC1C(O)C(OC2C(NC(=O)C(O)CCNC(=O)OC(C)(C)C)CC(C)C(OC3OC(CCC(=O)OCc4ccc([N+](=O)[O-])cc4)=CCC3NC(=O)OC(C)(C)C)C2O)OCC1(C)O. The molecule has 0 bridgehead atoms. The molecular formula is C43H67N5O17. The number of hydrogen-bond acceptors (Lipinski definition) is 18. The van der Waals surface area contributed by atoms with Crippen LogP contribution in [0.4, 0.5) is 15.3 Å². The van der Waals surface area contributed by atoms with Crippen LogP contribution < -0.4 is 21.3 Å². The highest BCUT2D eigenvalue weighted by Gasteiger charge is 2.52. The Bertz CT molecular complexity index is 1820. The van der Waals surface area contributed by atoms with E-state index in [0.717, 1.165) is 0 Å². The maximum Gasteiger partial charge on any atom is 0.408 e. The van der Waals surface area contributed by atoms with Gasteiger partial charge in [0.2, 0.25) is 12.2 Å². The monoisotopic (exact) mass is 925 g/mol. The molecule has 3 amide bonds. The highest BCUT2D eigenvalue weighted by Crippen LogP contribution is 2.36. The number of carbonyl (C=O) groups is 4. The van der Waals surface area contributed by atoms with Crippen LogP contribution in [0.15, 0.2) is 36.1 Å². The third kappa shape index (κ3) is 16.0. The zero-order valence-electron chi connectivity index (χ0n) is 38.4. The largest absolute Gasteiger partial charge is 0.467 e. The van der Waals surface area contributed by atoms with Crippen LogP contribution in [0.25, 0.3) is 0 Å². The molecular weight excluding hydrogens is 858 g/mol. The second-order valence-electron chi connectivity index (χ2n) is 18.8. The summed E-state index contributed by atoms with van der Waals surface area (Å²) in [6, 6.07) is 2.76. The third-order valence-corrected chi connectivity index (χ3v) is 10.7. The first-order valence-corrected chi connectivity index (χ1v) is 21.6. The Hall–Kier alpha value is -4.68. The lowest BCUT2D eigenvalue weighted by molar-refractivity contribution is -0.384. The van der Waals surface area contributed by atoms with Crippen molar-refractivity contribution in [3.05, 3.63) is 51.8 Å². The second kappa shape index (κ2) is 22.7. The summed E-state index contributed by atoms with van der Waals surface area (Å²) < 4.78 is 40.8. The molecule has 4 rings (SSSR count). The predicted molar refractivity (Wildman–Crippen MR) is 228 cm³/mol. The molecule has 366 valence electrons. The Morgan fingerprint density at radius 3 is 2.18 bits per heavy atom. The predicted octanol–water partition coefficient (Wildman–Crippen LogP) is 1.93. The number of alkyl carbamates (subject to hydrolysis) is 2. The quantitative estimate of drug-likeness (QED) is 0.0479. The van der Waals surface area contributed by atoms with Gasteiger partial charge >= 0.3 is 18.2 Å². The summed E-state index contributed by atoms with van der Waals surface area (Å²) in [6.07, 6.45) is -9.69. The van der Waals surface area contributed by atoms with Crippen LogP contribution in [-0.2, 0) is 49.4 Å². The fourth-order valence-electron chi connectivity index (χ4n) is 7.57. The number of amides is 3. The van der Waals surface area contributed by atoms with Crippen molar-refractivity contribution in [2.45, 2.75) is 172 Å². The molecule has 1 saturated heterocycles. The van der Waals surface area contributed by atoms with Crippen molar-refractivity contribution in [1.82, 2.24) is 21.3 Å². The maximum absolute atomic E-state index is 13.4. The van der Waals surface area contributed by atoms with Crippen LogP contribution in [0.1, 0.15) is 93.1 Å². The average molecular weight is 926 g/mol. The number of nitrogens with zero attached hydrogens (tertiary/aromatic N) is 1. The van der Waals surface area contributed by atoms with E-state index >= 15 is 0 Å². The summed E-state index contributed by atoms with van der Waals surface area (Å²) in [6.45, 7) is 12.9. The summed E-state index contributed by atoms with van der Waals surface area (Å²) in [4.78, 5) is 61.7. The van der Waals surface area contributed by atoms with Gasteiger partial charge in [0, 0.05) is 25.1 Å². The number of nitrogens with one attached hydrogen (secondary N) is 4. The van der Waals surface area contributed by atoms with Gasteiger partial charge in [0.1, 0.15) is 47.8 Å². The molecule has 2 fully saturated rings. The molecule has 0 spiro atoms. The highest BCUT2D eigenvalue weighted by atomic mass is 16.7. The first kappa shape index (κ1) is 52.9. The lowest BCUT2D eigenvalue weighted by Gasteiger charge is -2.49. The molecule has 65 heavy (non-hydrogen) atoms. The van der Waals surface area contributed by atoms with Crippen LogP contribution in [0.5, 0.6) is 0 Å². The van der Waals surface area contributed by atoms with Crippen molar-refractivity contribution in [1.29, 1.82) is 0 Å². The van der Waals surface area contributed by atoms with Crippen LogP contribution in [0.3, 0.4) is 0 Å². The number of non-ortho nitro benzene ring substituents is 1. The van der Waals surface area contributed by atoms with Crippen molar-refractivity contribution >= 4 is 29.8 Å². The Morgan fingerprint density at radius 2 is 1.57 bits per heavy atom. The normalized spacial score (nSPS) is 29.8. The minimum atomic E-state index is -1.60. The van der Waals surface area contributed by atoms with E-state index in [-0.39, 0.29) is 57.6 Å². The smallest absolute Gasteiger partial charge is 0.408 e. The van der Waals surface area contributed by atoms with Crippen molar-refractivity contribution in [3.8, 4) is 0 Å². The van der Waals surface area contributed by atoms with Crippen LogP contribution in [0.2, 0.25) is 0 Å². The van der Waals surface area contributed by atoms with E-state index in [9.17, 15) is 49.7 Å². The Kier molecular flexibility index (Phi) is 18.5. The number of nitro groups is 1. The van der Waals surface area contributed by atoms with Gasteiger partial charge in [0.25, 0.3) is 5.69 Å². The Morgan fingerprint density at radius 1 is 0.938 bits per heavy atom. The van der Waals surface area contributed by atoms with Gasteiger partial charge in [-0.2, -0.15) is 0 Å². The van der Waals surface area contributed by atoms with Crippen molar-refractivity contribution < 1.29 is 77.7 Å². The molecule has 1 saturated carbocycles. The molecule has 0 aromatic heterocycles. The average Bonchev–Trinajstić information content (AvgIpc) is 3.19.